The summed E-state index contributed by atoms with van der Waals surface area (Å²) in [7, 11) is 1.65. The summed E-state index contributed by atoms with van der Waals surface area (Å²) in [6.45, 7) is 0.930. The third-order valence-corrected chi connectivity index (χ3v) is 3.41. The van der Waals surface area contributed by atoms with E-state index >= 15 is 0 Å². The highest BCUT2D eigenvalue weighted by atomic mass is 79.9. The molecule has 0 saturated heterocycles. The van der Waals surface area contributed by atoms with Gasteiger partial charge in [-0.2, -0.15) is 0 Å². The van der Waals surface area contributed by atoms with Gasteiger partial charge >= 0.3 is 0 Å². The molecule has 0 bridgehead atoms. The van der Waals surface area contributed by atoms with Gasteiger partial charge in [0.25, 0.3) is 0 Å². The number of para-hydroxylation sites is 1. The van der Waals surface area contributed by atoms with Gasteiger partial charge in [-0.25, -0.2) is 0 Å². The Morgan fingerprint density at radius 1 is 1.16 bits per heavy atom. The van der Waals surface area contributed by atoms with Crippen LogP contribution in [0.4, 0.5) is 0 Å². The van der Waals surface area contributed by atoms with E-state index in [1.54, 1.807) is 7.11 Å². The molecule has 0 atom stereocenters. The molecule has 0 aliphatic carbocycles. The number of rotatable bonds is 5. The number of nitrogens with two attached hydrogens (primary N) is 1. The molecule has 2 aromatic carbocycles. The van der Waals surface area contributed by atoms with Crippen molar-refractivity contribution < 1.29 is 9.47 Å². The van der Waals surface area contributed by atoms with Crippen LogP contribution in [0.1, 0.15) is 11.1 Å². The Morgan fingerprint density at radius 2 is 1.95 bits per heavy atom. The molecule has 0 spiro atoms. The predicted molar refractivity (Wildman–Crippen MR) is 79.4 cm³/mol. The lowest BCUT2D eigenvalue weighted by Gasteiger charge is -2.12. The molecule has 0 aliphatic rings. The van der Waals surface area contributed by atoms with Gasteiger partial charge in [-0.3, -0.25) is 0 Å². The van der Waals surface area contributed by atoms with Gasteiger partial charge in [0, 0.05) is 12.1 Å². The van der Waals surface area contributed by atoms with Crippen LogP contribution in [0.25, 0.3) is 0 Å². The van der Waals surface area contributed by atoms with E-state index in [1.165, 1.54) is 0 Å². The average molecular weight is 322 g/mol. The normalized spacial score (nSPS) is 10.3. The van der Waals surface area contributed by atoms with Crippen LogP contribution < -0.4 is 15.2 Å². The Bertz CT molecular complexity index is 558. The van der Waals surface area contributed by atoms with Crippen molar-refractivity contribution in [3.8, 4) is 11.5 Å². The van der Waals surface area contributed by atoms with E-state index in [4.69, 9.17) is 15.2 Å². The molecule has 0 heterocycles. The van der Waals surface area contributed by atoms with E-state index in [9.17, 15) is 0 Å². The largest absolute Gasteiger partial charge is 0.497 e. The van der Waals surface area contributed by atoms with Crippen LogP contribution in [0.15, 0.2) is 46.9 Å². The zero-order valence-electron chi connectivity index (χ0n) is 10.7. The van der Waals surface area contributed by atoms with Crippen LogP contribution in [0.3, 0.4) is 0 Å². The van der Waals surface area contributed by atoms with Crippen molar-refractivity contribution >= 4 is 15.9 Å². The van der Waals surface area contributed by atoms with Gasteiger partial charge in [0.05, 0.1) is 11.6 Å². The molecule has 2 rings (SSSR count). The predicted octanol–water partition coefficient (Wildman–Crippen LogP) is 3.50. The Labute approximate surface area is 121 Å². The molecule has 0 aromatic heterocycles. The van der Waals surface area contributed by atoms with Crippen molar-refractivity contribution in [3.63, 3.8) is 0 Å². The van der Waals surface area contributed by atoms with Crippen LogP contribution in [-0.4, -0.2) is 7.11 Å². The molecule has 0 fully saturated rings. The summed E-state index contributed by atoms with van der Waals surface area (Å²) < 4.78 is 12.0. The third kappa shape index (κ3) is 3.49. The fraction of sp³-hybridized carbons (Fsp3) is 0.200. The standard InChI is InChI=1S/C15H16BrNO2/c1-18-13-6-2-4-11(8-13)10-19-15-12(9-17)5-3-7-14(15)16/h2-8H,9-10,17H2,1H3. The van der Waals surface area contributed by atoms with Crippen LogP contribution >= 0.6 is 15.9 Å². The second-order valence-corrected chi connectivity index (χ2v) is 4.93. The second kappa shape index (κ2) is 6.59. The van der Waals surface area contributed by atoms with E-state index in [2.05, 4.69) is 15.9 Å². The fourth-order valence-electron chi connectivity index (χ4n) is 1.79. The van der Waals surface area contributed by atoms with Crippen molar-refractivity contribution in [1.82, 2.24) is 0 Å². The fourth-order valence-corrected chi connectivity index (χ4v) is 2.32. The second-order valence-electron chi connectivity index (χ2n) is 4.07. The summed E-state index contributed by atoms with van der Waals surface area (Å²) in [5.74, 6) is 1.63. The van der Waals surface area contributed by atoms with Gasteiger partial charge in [0.1, 0.15) is 18.1 Å². The van der Waals surface area contributed by atoms with Crippen LogP contribution in [-0.2, 0) is 13.2 Å². The van der Waals surface area contributed by atoms with E-state index in [0.29, 0.717) is 13.2 Å². The highest BCUT2D eigenvalue weighted by molar-refractivity contribution is 9.10. The van der Waals surface area contributed by atoms with Gasteiger partial charge in [0.15, 0.2) is 0 Å². The minimum absolute atomic E-state index is 0.451. The topological polar surface area (TPSA) is 44.5 Å². The molecule has 0 saturated carbocycles. The molecular weight excluding hydrogens is 306 g/mol. The Morgan fingerprint density at radius 3 is 2.68 bits per heavy atom. The summed E-state index contributed by atoms with van der Waals surface area (Å²) >= 11 is 3.48. The lowest BCUT2D eigenvalue weighted by Crippen LogP contribution is -2.03. The van der Waals surface area contributed by atoms with Crippen molar-refractivity contribution in [2.75, 3.05) is 7.11 Å². The molecule has 100 valence electrons. The van der Waals surface area contributed by atoms with Gasteiger partial charge in [-0.15, -0.1) is 0 Å². The number of hydrogen-bond acceptors (Lipinski definition) is 3. The average Bonchev–Trinajstić information content (AvgIpc) is 2.46. The summed E-state index contributed by atoms with van der Waals surface area (Å²) in [6.07, 6.45) is 0. The zero-order valence-corrected chi connectivity index (χ0v) is 12.3. The number of halogens is 1. The van der Waals surface area contributed by atoms with Gasteiger partial charge < -0.3 is 15.2 Å². The van der Waals surface area contributed by atoms with E-state index in [0.717, 1.165) is 27.1 Å². The van der Waals surface area contributed by atoms with Crippen molar-refractivity contribution in [2.24, 2.45) is 5.73 Å². The van der Waals surface area contributed by atoms with E-state index in [1.807, 2.05) is 42.5 Å². The molecule has 0 unspecified atom stereocenters. The molecule has 3 nitrogen and oxygen atoms in total. The monoisotopic (exact) mass is 321 g/mol. The van der Waals surface area contributed by atoms with Crippen LogP contribution in [0.5, 0.6) is 11.5 Å². The maximum absolute atomic E-state index is 5.86. The maximum Gasteiger partial charge on any atom is 0.138 e. The number of methoxy groups -OCH3 is 1. The van der Waals surface area contributed by atoms with Crippen molar-refractivity contribution in [1.29, 1.82) is 0 Å². The highest BCUT2D eigenvalue weighted by Gasteiger charge is 2.07. The van der Waals surface area contributed by atoms with Gasteiger partial charge in [-0.05, 0) is 39.7 Å². The summed E-state index contributed by atoms with van der Waals surface area (Å²) in [5.41, 5.74) is 7.75. The molecule has 2 aromatic rings. The first-order valence-electron chi connectivity index (χ1n) is 5.97. The third-order valence-electron chi connectivity index (χ3n) is 2.79. The molecule has 19 heavy (non-hydrogen) atoms. The van der Waals surface area contributed by atoms with Crippen molar-refractivity contribution in [3.05, 3.63) is 58.1 Å². The van der Waals surface area contributed by atoms with E-state index < -0.39 is 0 Å². The smallest absolute Gasteiger partial charge is 0.138 e. The molecule has 0 aliphatic heterocycles. The molecule has 4 heteroatoms. The minimum atomic E-state index is 0.451. The minimum Gasteiger partial charge on any atom is -0.497 e. The lowest BCUT2D eigenvalue weighted by atomic mass is 10.2. The quantitative estimate of drug-likeness (QED) is 0.916. The van der Waals surface area contributed by atoms with Gasteiger partial charge in [0.2, 0.25) is 0 Å². The van der Waals surface area contributed by atoms with E-state index in [-0.39, 0.29) is 0 Å². The Hall–Kier alpha value is -1.52. The maximum atomic E-state index is 5.86. The first-order chi connectivity index (χ1) is 9.24. The Kier molecular flexibility index (Phi) is 4.82. The molecule has 0 radical (unpaired) electrons. The first kappa shape index (κ1) is 13.9. The molecular formula is C15H16BrNO2. The number of ether oxygens (including phenoxy) is 2. The van der Waals surface area contributed by atoms with Crippen LogP contribution in [0, 0.1) is 0 Å². The molecule has 2 N–H and O–H groups in total. The summed E-state index contributed by atoms with van der Waals surface area (Å²) in [5, 5.41) is 0. The zero-order chi connectivity index (χ0) is 13.7. The Balaban J connectivity index is 2.14. The summed E-state index contributed by atoms with van der Waals surface area (Å²) in [4.78, 5) is 0. The highest BCUT2D eigenvalue weighted by Crippen LogP contribution is 2.29. The summed E-state index contributed by atoms with van der Waals surface area (Å²) in [6, 6.07) is 13.7. The van der Waals surface area contributed by atoms with Crippen molar-refractivity contribution in [2.45, 2.75) is 13.2 Å². The first-order valence-corrected chi connectivity index (χ1v) is 6.77. The van der Waals surface area contributed by atoms with Crippen LogP contribution in [0.2, 0.25) is 0 Å². The lowest BCUT2D eigenvalue weighted by molar-refractivity contribution is 0.300. The number of benzene rings is 2. The van der Waals surface area contributed by atoms with Gasteiger partial charge in [-0.1, -0.05) is 24.3 Å². The molecule has 0 amide bonds. The number of hydrogen-bond donors (Lipinski definition) is 1. The SMILES string of the molecule is COc1cccc(COc2c(Br)cccc2CN)c1.